The summed E-state index contributed by atoms with van der Waals surface area (Å²) in [5.41, 5.74) is -2.05. The molecule has 45 heavy (non-hydrogen) atoms. The first-order chi connectivity index (χ1) is 21.4. The van der Waals surface area contributed by atoms with Gasteiger partial charge in [-0.2, -0.15) is 0 Å². The molecule has 4 unspecified atom stereocenters. The standard InChI is InChI=1S/C32H36N4O8S/c1-6-42-22-10-8-7-9-21(22)24(44-23-14-20-13-19(23)15-34(20)18(3)37)16-35-29-25(17(2)26(45-29)27-33-11-12-43-27)28(38)36(31(35)41)32(4,5)30(39)40/h7-12,19-20,23-24H,6,13-16H2,1-5H3,(H,39,40). The van der Waals surface area contributed by atoms with Gasteiger partial charge in [-0.05, 0) is 52.2 Å². The van der Waals surface area contributed by atoms with Gasteiger partial charge in [-0.15, -0.1) is 11.3 Å². The van der Waals surface area contributed by atoms with Gasteiger partial charge >= 0.3 is 11.7 Å². The van der Waals surface area contributed by atoms with Gasteiger partial charge < -0.3 is 23.9 Å². The van der Waals surface area contributed by atoms with Gasteiger partial charge in [-0.1, -0.05) is 18.2 Å². The third kappa shape index (κ3) is 5.17. The lowest BCUT2D eigenvalue weighted by atomic mass is 10.0. The summed E-state index contributed by atoms with van der Waals surface area (Å²) < 4.78 is 20.6. The molecule has 6 rings (SSSR count). The van der Waals surface area contributed by atoms with Crippen LogP contribution in [0.2, 0.25) is 0 Å². The van der Waals surface area contributed by atoms with Crippen LogP contribution in [0.1, 0.15) is 57.8 Å². The van der Waals surface area contributed by atoms with Crippen molar-refractivity contribution < 1.29 is 28.6 Å². The zero-order valence-electron chi connectivity index (χ0n) is 25.8. The smallest absolute Gasteiger partial charge is 0.333 e. The molecule has 13 heteroatoms. The lowest BCUT2D eigenvalue weighted by molar-refractivity contribution is -0.146. The number of carboxylic acid groups (broad SMARTS) is 1. The molecule has 1 amide bonds. The van der Waals surface area contributed by atoms with E-state index in [1.165, 1.54) is 42.2 Å². The van der Waals surface area contributed by atoms with E-state index in [0.717, 1.165) is 16.6 Å². The van der Waals surface area contributed by atoms with Crippen molar-refractivity contribution in [1.82, 2.24) is 19.0 Å². The number of carboxylic acids is 1. The Morgan fingerprint density at radius 2 is 1.98 bits per heavy atom. The van der Waals surface area contributed by atoms with Crippen LogP contribution in [-0.4, -0.2) is 61.3 Å². The molecule has 4 atom stereocenters. The summed E-state index contributed by atoms with van der Waals surface area (Å²) in [6.45, 7) is 8.87. The molecule has 238 valence electrons. The number of carbonyl (C=O) groups is 2. The second-order valence-electron chi connectivity index (χ2n) is 12.2. The minimum absolute atomic E-state index is 0.0231. The maximum Gasteiger partial charge on any atom is 0.333 e. The van der Waals surface area contributed by atoms with Gasteiger partial charge in [0.05, 0.1) is 35.7 Å². The Balaban J connectivity index is 1.53. The molecule has 1 saturated heterocycles. The number of thiophene rings is 1. The zero-order valence-corrected chi connectivity index (χ0v) is 26.6. The molecule has 1 aromatic carbocycles. The third-order valence-electron chi connectivity index (χ3n) is 9.06. The van der Waals surface area contributed by atoms with E-state index in [4.69, 9.17) is 13.9 Å². The number of nitrogens with zero attached hydrogens (tertiary/aromatic N) is 4. The number of aromatic nitrogens is 3. The highest BCUT2D eigenvalue weighted by atomic mass is 32.1. The minimum atomic E-state index is -1.85. The van der Waals surface area contributed by atoms with E-state index in [-0.39, 0.29) is 35.9 Å². The van der Waals surface area contributed by atoms with Crippen LogP contribution in [0.15, 0.2) is 50.7 Å². The Kier molecular flexibility index (Phi) is 7.94. The molecule has 2 bridgehead atoms. The molecule has 4 aromatic rings. The van der Waals surface area contributed by atoms with Crippen LogP contribution in [0.25, 0.3) is 21.0 Å². The number of hydrogen-bond acceptors (Lipinski definition) is 9. The Labute approximate surface area is 262 Å². The second-order valence-corrected chi connectivity index (χ2v) is 13.2. The lowest BCUT2D eigenvalue weighted by Gasteiger charge is -2.34. The molecule has 0 radical (unpaired) electrons. The van der Waals surface area contributed by atoms with Gasteiger partial charge in [0.1, 0.15) is 28.5 Å². The van der Waals surface area contributed by atoms with E-state index >= 15 is 0 Å². The van der Waals surface area contributed by atoms with Gasteiger partial charge in [-0.25, -0.2) is 19.1 Å². The van der Waals surface area contributed by atoms with E-state index in [1.54, 1.807) is 13.8 Å². The fourth-order valence-electron chi connectivity index (χ4n) is 6.72. The predicted octanol–water partition coefficient (Wildman–Crippen LogP) is 4.17. The Bertz CT molecular complexity index is 1890. The van der Waals surface area contributed by atoms with Crippen LogP contribution in [0.4, 0.5) is 0 Å². The Morgan fingerprint density at radius 1 is 1.22 bits per heavy atom. The molecule has 1 N–H and O–H groups in total. The second kappa shape index (κ2) is 11.6. The number of carbonyl (C=O) groups excluding carboxylic acids is 1. The van der Waals surface area contributed by atoms with Crippen molar-refractivity contribution in [2.75, 3.05) is 13.2 Å². The summed E-state index contributed by atoms with van der Waals surface area (Å²) in [5, 5.41) is 10.3. The number of fused-ring (bicyclic) bond motifs is 3. The van der Waals surface area contributed by atoms with Crippen LogP contribution in [0, 0.1) is 12.8 Å². The quantitative estimate of drug-likeness (QED) is 0.271. The van der Waals surface area contributed by atoms with E-state index in [0.29, 0.717) is 46.5 Å². The average molecular weight is 637 g/mol. The maximum atomic E-state index is 14.3. The van der Waals surface area contributed by atoms with Gasteiger partial charge in [0.25, 0.3) is 5.56 Å². The van der Waals surface area contributed by atoms with Crippen molar-refractivity contribution in [3.63, 3.8) is 0 Å². The number of benzene rings is 1. The average Bonchev–Trinajstić information content (AvgIpc) is 3.79. The molecular weight excluding hydrogens is 600 g/mol. The first kappa shape index (κ1) is 30.8. The highest BCUT2D eigenvalue weighted by molar-refractivity contribution is 7.22. The fourth-order valence-corrected chi connectivity index (χ4v) is 7.96. The van der Waals surface area contributed by atoms with Crippen LogP contribution < -0.4 is 16.0 Å². The topological polar surface area (TPSA) is 146 Å². The normalized spacial score (nSPS) is 20.2. The van der Waals surface area contributed by atoms with Crippen LogP contribution in [0.5, 0.6) is 5.75 Å². The monoisotopic (exact) mass is 636 g/mol. The SMILES string of the molecule is CCOc1ccccc1C(Cn1c(=O)n(C(C)(C)C(=O)O)c(=O)c2c(C)c(-c3ncco3)sc21)OC1CC2CC1CN2C(C)=O. The van der Waals surface area contributed by atoms with E-state index in [1.807, 2.05) is 36.1 Å². The van der Waals surface area contributed by atoms with Crippen molar-refractivity contribution in [2.45, 2.75) is 77.8 Å². The number of aliphatic carboxylic acids is 1. The number of rotatable bonds is 10. The number of hydrogen-bond donors (Lipinski definition) is 1. The predicted molar refractivity (Wildman–Crippen MR) is 167 cm³/mol. The van der Waals surface area contributed by atoms with Crippen molar-refractivity contribution in [3.05, 3.63) is 68.7 Å². The third-order valence-corrected chi connectivity index (χ3v) is 10.4. The van der Waals surface area contributed by atoms with Gasteiger partial charge in [0, 0.05) is 31.0 Å². The lowest BCUT2D eigenvalue weighted by Crippen LogP contribution is -2.52. The molecule has 12 nitrogen and oxygen atoms in total. The highest BCUT2D eigenvalue weighted by Gasteiger charge is 2.47. The molecule has 1 aliphatic heterocycles. The Hall–Kier alpha value is -4.23. The number of piperidine rings is 1. The van der Waals surface area contributed by atoms with Crippen molar-refractivity contribution in [3.8, 4) is 16.5 Å². The zero-order chi connectivity index (χ0) is 32.2. The summed E-state index contributed by atoms with van der Waals surface area (Å²) in [5.74, 6) is -0.239. The van der Waals surface area contributed by atoms with Crippen molar-refractivity contribution in [1.29, 1.82) is 0 Å². The molecule has 0 spiro atoms. The van der Waals surface area contributed by atoms with Crippen molar-refractivity contribution >= 4 is 33.4 Å². The molecular formula is C32H36N4O8S. The molecule has 2 fully saturated rings. The summed E-state index contributed by atoms with van der Waals surface area (Å²) in [7, 11) is 0. The largest absolute Gasteiger partial charge is 0.493 e. The Morgan fingerprint density at radius 3 is 2.60 bits per heavy atom. The molecule has 1 aliphatic carbocycles. The molecule has 2 aliphatic rings. The molecule has 3 aromatic heterocycles. The maximum absolute atomic E-state index is 14.3. The number of likely N-dealkylation sites (tertiary alicyclic amines) is 1. The molecule has 4 heterocycles. The number of para-hydroxylation sites is 1. The number of oxazole rings is 1. The van der Waals surface area contributed by atoms with Gasteiger partial charge in [-0.3, -0.25) is 14.2 Å². The fraction of sp³-hybridized carbons (Fsp3) is 0.469. The summed E-state index contributed by atoms with van der Waals surface area (Å²) >= 11 is 1.19. The number of aryl methyl sites for hydroxylation is 1. The van der Waals surface area contributed by atoms with Crippen molar-refractivity contribution in [2.24, 2.45) is 5.92 Å². The van der Waals surface area contributed by atoms with E-state index in [9.17, 15) is 24.3 Å². The molecule has 1 saturated carbocycles. The van der Waals surface area contributed by atoms with Crippen LogP contribution in [0.3, 0.4) is 0 Å². The van der Waals surface area contributed by atoms with Crippen LogP contribution >= 0.6 is 11.3 Å². The number of amides is 1. The minimum Gasteiger partial charge on any atom is -0.493 e. The highest BCUT2D eigenvalue weighted by Crippen LogP contribution is 2.43. The van der Waals surface area contributed by atoms with E-state index < -0.39 is 28.9 Å². The number of ether oxygens (including phenoxy) is 2. The van der Waals surface area contributed by atoms with E-state index in [2.05, 4.69) is 4.98 Å². The van der Waals surface area contributed by atoms with Gasteiger partial charge in [0.2, 0.25) is 11.8 Å². The van der Waals surface area contributed by atoms with Gasteiger partial charge in [0.15, 0.2) is 0 Å². The first-order valence-corrected chi connectivity index (χ1v) is 15.8. The summed E-state index contributed by atoms with van der Waals surface area (Å²) in [6.07, 6.45) is 3.56. The first-order valence-electron chi connectivity index (χ1n) is 15.0. The summed E-state index contributed by atoms with van der Waals surface area (Å²) in [6, 6.07) is 7.56. The summed E-state index contributed by atoms with van der Waals surface area (Å²) in [4.78, 5) is 59.9. The van der Waals surface area contributed by atoms with Crippen LogP contribution in [-0.2, 0) is 26.4 Å².